The van der Waals surface area contributed by atoms with Crippen molar-refractivity contribution >= 4 is 28.5 Å². The Balaban J connectivity index is 1.47. The quantitative estimate of drug-likeness (QED) is 0.823. The first-order valence-corrected chi connectivity index (χ1v) is 9.92. The molecule has 150 valence electrons. The van der Waals surface area contributed by atoms with E-state index in [4.69, 9.17) is 9.47 Å². The van der Waals surface area contributed by atoms with Crippen LogP contribution in [0, 0.1) is 0 Å². The molecule has 1 N–H and O–H groups in total. The predicted molar refractivity (Wildman–Crippen MR) is 106 cm³/mol. The predicted octanol–water partition coefficient (Wildman–Crippen LogP) is 3.11. The van der Waals surface area contributed by atoms with Crippen molar-refractivity contribution in [1.29, 1.82) is 0 Å². The van der Waals surface area contributed by atoms with E-state index in [1.807, 2.05) is 51.1 Å². The number of anilines is 1. The third-order valence-electron chi connectivity index (χ3n) is 3.92. The van der Waals surface area contributed by atoms with Crippen molar-refractivity contribution in [2.45, 2.75) is 45.3 Å². The molecule has 0 saturated carbocycles. The Morgan fingerprint density at radius 3 is 2.71 bits per heavy atom. The molecule has 0 spiro atoms. The number of carbonyl (C=O) groups is 2. The molecular weight excluding hydrogens is 380 g/mol. The fourth-order valence-electron chi connectivity index (χ4n) is 2.71. The highest BCUT2D eigenvalue weighted by molar-refractivity contribution is 7.17. The lowest BCUT2D eigenvalue weighted by atomic mass is 10.1. The number of rotatable bonds is 5. The number of benzene rings is 1. The standard InChI is InChI=1S/C19H24N4O4S/c1-19(2,3)27-18(25)23-10-9-14(12-23)26-17-22-21-16(28-17)20-15(24)11-13-7-5-4-6-8-13/h4-8,14H,9-12H2,1-3H3,(H,20,21,24). The first kappa shape index (κ1) is 20.1. The largest absolute Gasteiger partial charge is 0.464 e. The Kier molecular flexibility index (Phi) is 6.13. The summed E-state index contributed by atoms with van der Waals surface area (Å²) in [4.78, 5) is 25.8. The second-order valence-corrected chi connectivity index (χ2v) is 8.48. The SMILES string of the molecule is CC(C)(C)OC(=O)N1CCC(Oc2nnc(NC(=O)Cc3ccccc3)s2)C1. The average molecular weight is 404 g/mol. The Morgan fingerprint density at radius 2 is 2.00 bits per heavy atom. The summed E-state index contributed by atoms with van der Waals surface area (Å²) in [5.41, 5.74) is 0.399. The van der Waals surface area contributed by atoms with Crippen LogP contribution >= 0.6 is 11.3 Å². The number of carbonyl (C=O) groups excluding carboxylic acids is 2. The molecule has 28 heavy (non-hydrogen) atoms. The topological polar surface area (TPSA) is 93.7 Å². The maximum Gasteiger partial charge on any atom is 0.410 e. The van der Waals surface area contributed by atoms with Crippen molar-refractivity contribution in [1.82, 2.24) is 15.1 Å². The van der Waals surface area contributed by atoms with Crippen molar-refractivity contribution < 1.29 is 19.1 Å². The zero-order valence-corrected chi connectivity index (χ0v) is 17.0. The zero-order chi connectivity index (χ0) is 20.1. The Morgan fingerprint density at radius 1 is 1.25 bits per heavy atom. The molecule has 1 aliphatic heterocycles. The van der Waals surface area contributed by atoms with Crippen molar-refractivity contribution in [3.8, 4) is 5.19 Å². The first-order chi connectivity index (χ1) is 13.3. The van der Waals surface area contributed by atoms with Gasteiger partial charge < -0.3 is 19.7 Å². The smallest absolute Gasteiger partial charge is 0.410 e. The van der Waals surface area contributed by atoms with E-state index in [0.717, 1.165) is 5.56 Å². The summed E-state index contributed by atoms with van der Waals surface area (Å²) < 4.78 is 11.2. The molecule has 1 unspecified atom stereocenters. The average Bonchev–Trinajstić information content (AvgIpc) is 3.24. The van der Waals surface area contributed by atoms with E-state index >= 15 is 0 Å². The molecule has 1 aliphatic rings. The van der Waals surface area contributed by atoms with Gasteiger partial charge in [-0.1, -0.05) is 35.4 Å². The number of hydrogen-bond acceptors (Lipinski definition) is 7. The Labute approximate surface area is 167 Å². The molecule has 9 heteroatoms. The molecule has 0 bridgehead atoms. The van der Waals surface area contributed by atoms with Gasteiger partial charge in [0.2, 0.25) is 11.0 Å². The van der Waals surface area contributed by atoms with Crippen molar-refractivity contribution in [3.63, 3.8) is 0 Å². The molecule has 1 aromatic carbocycles. The minimum atomic E-state index is -0.526. The third-order valence-corrected chi connectivity index (χ3v) is 4.65. The van der Waals surface area contributed by atoms with Crippen LogP contribution in [0.4, 0.5) is 9.93 Å². The van der Waals surface area contributed by atoms with Crippen LogP contribution in [-0.2, 0) is 16.0 Å². The van der Waals surface area contributed by atoms with E-state index in [-0.39, 0.29) is 24.5 Å². The lowest BCUT2D eigenvalue weighted by molar-refractivity contribution is -0.115. The second kappa shape index (κ2) is 8.55. The first-order valence-electron chi connectivity index (χ1n) is 9.10. The van der Waals surface area contributed by atoms with Crippen LogP contribution in [0.15, 0.2) is 30.3 Å². The molecule has 1 fully saturated rings. The monoisotopic (exact) mass is 404 g/mol. The molecule has 0 aliphatic carbocycles. The van der Waals surface area contributed by atoms with Gasteiger partial charge in [0, 0.05) is 13.0 Å². The molecule has 1 atom stereocenters. The van der Waals surface area contributed by atoms with Gasteiger partial charge in [0.25, 0.3) is 5.19 Å². The number of aromatic nitrogens is 2. The fraction of sp³-hybridized carbons (Fsp3) is 0.474. The number of nitrogens with zero attached hydrogens (tertiary/aromatic N) is 3. The van der Waals surface area contributed by atoms with Gasteiger partial charge in [-0.05, 0) is 37.7 Å². The fourth-order valence-corrected chi connectivity index (χ4v) is 3.39. The van der Waals surface area contributed by atoms with Crippen LogP contribution in [0.1, 0.15) is 32.8 Å². The van der Waals surface area contributed by atoms with Gasteiger partial charge in [0.1, 0.15) is 11.7 Å². The van der Waals surface area contributed by atoms with Crippen molar-refractivity contribution in [3.05, 3.63) is 35.9 Å². The van der Waals surface area contributed by atoms with Gasteiger partial charge in [0.05, 0.1) is 13.0 Å². The molecule has 1 aromatic heterocycles. The summed E-state index contributed by atoms with van der Waals surface area (Å²) >= 11 is 1.17. The van der Waals surface area contributed by atoms with Gasteiger partial charge in [0.15, 0.2) is 0 Å². The maximum absolute atomic E-state index is 12.1. The van der Waals surface area contributed by atoms with E-state index < -0.39 is 5.60 Å². The lowest BCUT2D eigenvalue weighted by Gasteiger charge is -2.24. The van der Waals surface area contributed by atoms with E-state index in [2.05, 4.69) is 15.5 Å². The number of nitrogens with one attached hydrogen (secondary N) is 1. The number of hydrogen-bond donors (Lipinski definition) is 1. The van der Waals surface area contributed by atoms with Gasteiger partial charge in [-0.2, -0.15) is 0 Å². The highest BCUT2D eigenvalue weighted by Crippen LogP contribution is 2.26. The second-order valence-electron chi connectivity index (χ2n) is 7.54. The lowest BCUT2D eigenvalue weighted by Crippen LogP contribution is -2.36. The molecule has 3 rings (SSSR count). The van der Waals surface area contributed by atoms with Crippen LogP contribution in [0.25, 0.3) is 0 Å². The third kappa shape index (κ3) is 5.91. The molecular formula is C19H24N4O4S. The normalized spacial score (nSPS) is 16.7. The molecule has 0 radical (unpaired) electrons. The molecule has 2 aromatic rings. The summed E-state index contributed by atoms with van der Waals surface area (Å²) in [6.45, 7) is 6.51. The molecule has 2 amide bonds. The van der Waals surface area contributed by atoms with Crippen molar-refractivity contribution in [2.24, 2.45) is 0 Å². The van der Waals surface area contributed by atoms with Crippen LogP contribution in [-0.4, -0.2) is 51.9 Å². The highest BCUT2D eigenvalue weighted by atomic mass is 32.1. The highest BCUT2D eigenvalue weighted by Gasteiger charge is 2.31. The van der Waals surface area contributed by atoms with Gasteiger partial charge in [-0.15, -0.1) is 5.10 Å². The summed E-state index contributed by atoms with van der Waals surface area (Å²) in [6, 6.07) is 9.47. The van der Waals surface area contributed by atoms with Crippen LogP contribution in [0.2, 0.25) is 0 Å². The molecule has 2 heterocycles. The van der Waals surface area contributed by atoms with Crippen LogP contribution in [0.5, 0.6) is 5.19 Å². The Hall–Kier alpha value is -2.68. The van der Waals surface area contributed by atoms with Gasteiger partial charge >= 0.3 is 6.09 Å². The summed E-state index contributed by atoms with van der Waals surface area (Å²) in [6.07, 6.45) is 0.441. The van der Waals surface area contributed by atoms with Crippen LogP contribution in [0.3, 0.4) is 0 Å². The van der Waals surface area contributed by atoms with E-state index in [9.17, 15) is 9.59 Å². The summed E-state index contributed by atoms with van der Waals surface area (Å²) in [7, 11) is 0. The Bertz CT molecular complexity index is 819. The zero-order valence-electron chi connectivity index (χ0n) is 16.2. The van der Waals surface area contributed by atoms with E-state index in [0.29, 0.717) is 29.8 Å². The summed E-state index contributed by atoms with van der Waals surface area (Å²) in [5.74, 6) is -0.161. The summed E-state index contributed by atoms with van der Waals surface area (Å²) in [5, 5.41) is 11.4. The van der Waals surface area contributed by atoms with E-state index in [1.165, 1.54) is 11.3 Å². The number of ether oxygens (including phenoxy) is 2. The van der Waals surface area contributed by atoms with E-state index in [1.54, 1.807) is 4.90 Å². The minimum absolute atomic E-state index is 0.161. The number of amides is 2. The minimum Gasteiger partial charge on any atom is -0.464 e. The maximum atomic E-state index is 12.1. The van der Waals surface area contributed by atoms with Crippen molar-refractivity contribution in [2.75, 3.05) is 18.4 Å². The molecule has 8 nitrogen and oxygen atoms in total. The van der Waals surface area contributed by atoms with Gasteiger partial charge in [-0.3, -0.25) is 4.79 Å². The number of likely N-dealkylation sites (tertiary alicyclic amines) is 1. The molecule has 1 saturated heterocycles. The van der Waals surface area contributed by atoms with Gasteiger partial charge in [-0.25, -0.2) is 4.79 Å². The van der Waals surface area contributed by atoms with Crippen LogP contribution < -0.4 is 10.1 Å².